The normalized spacial score (nSPS) is 11.5. The van der Waals surface area contributed by atoms with Gasteiger partial charge in [-0.3, -0.25) is 0 Å². The monoisotopic (exact) mass is 334 g/mol. The van der Waals surface area contributed by atoms with Gasteiger partial charge in [0.25, 0.3) is 5.95 Å². The van der Waals surface area contributed by atoms with Crippen LogP contribution in [0.1, 0.15) is 17.0 Å². The van der Waals surface area contributed by atoms with E-state index in [1.165, 1.54) is 11.0 Å². The molecule has 1 aromatic carbocycles. The van der Waals surface area contributed by atoms with Crippen LogP contribution in [-0.4, -0.2) is 30.9 Å². The first kappa shape index (κ1) is 14.7. The molecule has 0 saturated heterocycles. The number of hydrogen-bond acceptors (Lipinski definition) is 4. The molecule has 0 spiro atoms. The van der Waals surface area contributed by atoms with Crippen LogP contribution in [0.5, 0.6) is 0 Å². The summed E-state index contributed by atoms with van der Waals surface area (Å²) in [4.78, 5) is 0. The van der Waals surface area contributed by atoms with Gasteiger partial charge >= 0.3 is 0 Å². The lowest BCUT2D eigenvalue weighted by atomic mass is 10.2. The maximum Gasteiger partial charge on any atom is 0.273 e. The van der Waals surface area contributed by atoms with Crippen LogP contribution in [0.25, 0.3) is 5.95 Å². The molecule has 3 aromatic rings. The highest BCUT2D eigenvalue weighted by molar-refractivity contribution is 6.36. The fourth-order valence-electron chi connectivity index (χ4n) is 2.01. The zero-order valence-corrected chi connectivity index (χ0v) is 13.4. The molecule has 0 N–H and O–H groups in total. The highest BCUT2D eigenvalue weighted by atomic mass is 35.5. The van der Waals surface area contributed by atoms with E-state index in [1.54, 1.807) is 29.1 Å². The van der Waals surface area contributed by atoms with E-state index in [0.29, 0.717) is 16.0 Å². The van der Waals surface area contributed by atoms with Gasteiger partial charge in [0.05, 0.1) is 16.9 Å². The summed E-state index contributed by atoms with van der Waals surface area (Å²) in [6.07, 6.45) is 3.13. The Bertz CT molecular complexity index is 849. The molecule has 112 valence electrons. The Hall–Kier alpha value is -2.18. The minimum atomic E-state index is 0.506. The van der Waals surface area contributed by atoms with Crippen LogP contribution in [0, 0.1) is 13.8 Å². The lowest BCUT2D eigenvalue weighted by molar-refractivity contribution is 0.717. The Labute approximate surface area is 137 Å². The fourth-order valence-corrected chi connectivity index (χ4v) is 2.46. The summed E-state index contributed by atoms with van der Waals surface area (Å²) in [7, 11) is 0. The van der Waals surface area contributed by atoms with E-state index in [4.69, 9.17) is 23.2 Å². The van der Waals surface area contributed by atoms with Gasteiger partial charge in [0.1, 0.15) is 6.33 Å². The quantitative estimate of drug-likeness (QED) is 0.690. The van der Waals surface area contributed by atoms with E-state index in [0.717, 1.165) is 17.0 Å². The van der Waals surface area contributed by atoms with Crippen molar-refractivity contribution < 1.29 is 0 Å². The van der Waals surface area contributed by atoms with Crippen molar-refractivity contribution in [3.8, 4) is 5.95 Å². The second-order valence-corrected chi connectivity index (χ2v) is 5.57. The molecule has 0 radical (unpaired) electrons. The second kappa shape index (κ2) is 5.90. The minimum absolute atomic E-state index is 0.506. The molecule has 3 rings (SSSR count). The number of hydrogen-bond donors (Lipinski definition) is 0. The molecule has 0 unspecified atom stereocenters. The molecule has 2 heterocycles. The van der Waals surface area contributed by atoms with E-state index in [9.17, 15) is 0 Å². The van der Waals surface area contributed by atoms with Crippen molar-refractivity contribution in [3.63, 3.8) is 0 Å². The molecule has 0 atom stereocenters. The number of aryl methyl sites for hydroxylation is 2. The lowest BCUT2D eigenvalue weighted by Crippen LogP contribution is -2.06. The average Bonchev–Trinajstić information content (AvgIpc) is 3.03. The van der Waals surface area contributed by atoms with Crippen molar-refractivity contribution in [1.29, 1.82) is 0 Å². The molecule has 0 fully saturated rings. The molecule has 0 saturated carbocycles. The molecular formula is C14H12Cl2N6. The van der Waals surface area contributed by atoms with E-state index < -0.39 is 0 Å². The van der Waals surface area contributed by atoms with E-state index >= 15 is 0 Å². The van der Waals surface area contributed by atoms with Crippen LogP contribution >= 0.6 is 23.2 Å². The smallest absolute Gasteiger partial charge is 0.202 e. The van der Waals surface area contributed by atoms with Gasteiger partial charge in [0, 0.05) is 16.3 Å². The maximum atomic E-state index is 6.12. The van der Waals surface area contributed by atoms with E-state index in [1.807, 2.05) is 19.9 Å². The predicted octanol–water partition coefficient (Wildman–Crippen LogP) is 3.27. The third kappa shape index (κ3) is 2.88. The molecule has 2 aromatic heterocycles. The van der Waals surface area contributed by atoms with Crippen LogP contribution in [0.3, 0.4) is 0 Å². The number of rotatable bonds is 3. The van der Waals surface area contributed by atoms with Crippen molar-refractivity contribution >= 4 is 29.4 Å². The van der Waals surface area contributed by atoms with Crippen LogP contribution in [0.2, 0.25) is 10.0 Å². The van der Waals surface area contributed by atoms with Gasteiger partial charge in [-0.2, -0.15) is 14.9 Å². The predicted molar refractivity (Wildman–Crippen MR) is 86.1 cm³/mol. The summed E-state index contributed by atoms with van der Waals surface area (Å²) >= 11 is 12.0. The summed E-state index contributed by atoms with van der Waals surface area (Å²) in [6, 6.07) is 7.17. The van der Waals surface area contributed by atoms with Crippen molar-refractivity contribution in [2.45, 2.75) is 13.8 Å². The molecule has 6 nitrogen and oxygen atoms in total. The number of halogens is 2. The summed E-state index contributed by atoms with van der Waals surface area (Å²) in [5.74, 6) is 0.506. The van der Waals surface area contributed by atoms with E-state index in [2.05, 4.69) is 20.4 Å². The molecule has 0 aliphatic carbocycles. The standard InChI is InChI=1S/C14H12Cl2N6/c1-9-5-10(2)22(20-9)14-19-17-8-21(14)18-7-11-3-4-12(15)6-13(11)16/h3-8H,1-2H3/b18-7-. The molecular weight excluding hydrogens is 323 g/mol. The lowest BCUT2D eigenvalue weighted by Gasteiger charge is -2.03. The third-order valence-corrected chi connectivity index (χ3v) is 3.56. The Balaban J connectivity index is 1.96. The average molecular weight is 335 g/mol. The topological polar surface area (TPSA) is 60.9 Å². The van der Waals surface area contributed by atoms with Gasteiger partial charge in [-0.1, -0.05) is 29.3 Å². The molecule has 8 heteroatoms. The largest absolute Gasteiger partial charge is 0.273 e. The SMILES string of the molecule is Cc1cc(C)n(-c2nncn2/N=C\c2ccc(Cl)cc2Cl)n1. The highest BCUT2D eigenvalue weighted by Crippen LogP contribution is 2.19. The van der Waals surface area contributed by atoms with Crippen molar-refractivity contribution in [2.75, 3.05) is 0 Å². The van der Waals surface area contributed by atoms with Gasteiger partial charge in [-0.25, -0.2) is 4.68 Å². The third-order valence-electron chi connectivity index (χ3n) is 3.00. The van der Waals surface area contributed by atoms with Crippen LogP contribution < -0.4 is 0 Å². The molecule has 0 bridgehead atoms. The van der Waals surface area contributed by atoms with Crippen molar-refractivity contribution in [2.24, 2.45) is 5.10 Å². The molecule has 0 aliphatic rings. The van der Waals surface area contributed by atoms with Gasteiger partial charge < -0.3 is 0 Å². The zero-order chi connectivity index (χ0) is 15.7. The summed E-state index contributed by atoms with van der Waals surface area (Å²) in [5, 5.41) is 17.7. The van der Waals surface area contributed by atoms with Gasteiger partial charge in [0.2, 0.25) is 0 Å². The van der Waals surface area contributed by atoms with Crippen molar-refractivity contribution in [1.82, 2.24) is 24.7 Å². The Kier molecular flexibility index (Phi) is 3.96. The Morgan fingerprint density at radius 3 is 2.68 bits per heavy atom. The first-order valence-electron chi connectivity index (χ1n) is 6.47. The summed E-state index contributed by atoms with van der Waals surface area (Å²) < 4.78 is 3.22. The van der Waals surface area contributed by atoms with E-state index in [-0.39, 0.29) is 0 Å². The fraction of sp³-hybridized carbons (Fsp3) is 0.143. The van der Waals surface area contributed by atoms with Crippen LogP contribution in [0.15, 0.2) is 35.7 Å². The minimum Gasteiger partial charge on any atom is -0.202 e. The van der Waals surface area contributed by atoms with Crippen molar-refractivity contribution in [3.05, 3.63) is 57.6 Å². The van der Waals surface area contributed by atoms with Gasteiger partial charge in [-0.05, 0) is 32.0 Å². The van der Waals surface area contributed by atoms with Crippen LogP contribution in [0.4, 0.5) is 0 Å². The van der Waals surface area contributed by atoms with Gasteiger partial charge in [0.15, 0.2) is 0 Å². The molecule has 22 heavy (non-hydrogen) atoms. The van der Waals surface area contributed by atoms with Crippen LogP contribution in [-0.2, 0) is 0 Å². The molecule has 0 amide bonds. The number of benzene rings is 1. The Morgan fingerprint density at radius 2 is 2.00 bits per heavy atom. The maximum absolute atomic E-state index is 6.12. The molecule has 0 aliphatic heterocycles. The summed E-state index contributed by atoms with van der Waals surface area (Å²) in [6.45, 7) is 3.86. The van der Waals surface area contributed by atoms with Gasteiger partial charge in [-0.15, -0.1) is 10.2 Å². The first-order chi connectivity index (χ1) is 10.5. The highest BCUT2D eigenvalue weighted by Gasteiger charge is 2.10. The number of aromatic nitrogens is 5. The first-order valence-corrected chi connectivity index (χ1v) is 7.23. The second-order valence-electron chi connectivity index (χ2n) is 4.72. The zero-order valence-electron chi connectivity index (χ0n) is 11.9. The number of nitrogens with zero attached hydrogens (tertiary/aromatic N) is 6. The summed E-state index contributed by atoms with van der Waals surface area (Å²) in [5.41, 5.74) is 2.60. The Morgan fingerprint density at radius 1 is 1.18 bits per heavy atom.